The van der Waals surface area contributed by atoms with Crippen molar-refractivity contribution in [3.8, 4) is 11.5 Å². The molecular formula is C11H14ClNO4. The Morgan fingerprint density at radius 3 is 2.59 bits per heavy atom. The third-order valence-electron chi connectivity index (χ3n) is 1.96. The van der Waals surface area contributed by atoms with Gasteiger partial charge < -0.3 is 20.3 Å². The standard InChI is InChI=1S/C11H13NO4.ClH/c1-15-9-6-7(3-4-10(13)16-2)5-8(12)11(9)14;/h3-6,14H,12H2,1-2H3;1H. The number of ether oxygens (including phenoxy) is 2. The third-order valence-corrected chi connectivity index (χ3v) is 1.96. The summed E-state index contributed by atoms with van der Waals surface area (Å²) in [6.45, 7) is 0. The van der Waals surface area contributed by atoms with Crippen molar-refractivity contribution in [2.75, 3.05) is 20.0 Å². The Morgan fingerprint density at radius 2 is 2.06 bits per heavy atom. The summed E-state index contributed by atoms with van der Waals surface area (Å²) in [6.07, 6.45) is 2.77. The van der Waals surface area contributed by atoms with E-state index in [9.17, 15) is 9.90 Å². The summed E-state index contributed by atoms with van der Waals surface area (Å²) in [7, 11) is 2.71. The van der Waals surface area contributed by atoms with Gasteiger partial charge in [-0.15, -0.1) is 12.4 Å². The molecular weight excluding hydrogens is 246 g/mol. The quantitative estimate of drug-likeness (QED) is 0.373. The molecule has 1 rings (SSSR count). The number of halogens is 1. The molecule has 0 saturated carbocycles. The number of carbonyl (C=O) groups is 1. The highest BCUT2D eigenvalue weighted by atomic mass is 35.5. The number of hydrogen-bond acceptors (Lipinski definition) is 5. The predicted molar refractivity (Wildman–Crippen MR) is 67.4 cm³/mol. The first-order chi connectivity index (χ1) is 7.58. The van der Waals surface area contributed by atoms with E-state index in [1.54, 1.807) is 6.07 Å². The van der Waals surface area contributed by atoms with Crippen LogP contribution in [0.1, 0.15) is 5.56 Å². The van der Waals surface area contributed by atoms with E-state index in [1.807, 2.05) is 0 Å². The SMILES string of the molecule is COC(=O)C=Cc1cc(N)c(O)c(OC)c1.Cl. The first kappa shape index (κ1) is 15.1. The molecule has 0 amide bonds. The predicted octanol–water partition coefficient (Wildman–Crippen LogP) is 1.59. The lowest BCUT2D eigenvalue weighted by Gasteiger charge is -2.07. The van der Waals surface area contributed by atoms with Gasteiger partial charge in [0.05, 0.1) is 19.9 Å². The highest BCUT2D eigenvalue weighted by Gasteiger charge is 2.06. The first-order valence-electron chi connectivity index (χ1n) is 4.51. The number of benzene rings is 1. The second-order valence-electron chi connectivity index (χ2n) is 3.02. The van der Waals surface area contributed by atoms with Gasteiger partial charge in [0, 0.05) is 6.08 Å². The van der Waals surface area contributed by atoms with Gasteiger partial charge in [0.25, 0.3) is 0 Å². The molecule has 1 aromatic carbocycles. The Bertz CT molecular complexity index is 432. The molecule has 0 fully saturated rings. The van der Waals surface area contributed by atoms with E-state index >= 15 is 0 Å². The largest absolute Gasteiger partial charge is 0.503 e. The molecule has 0 bridgehead atoms. The van der Waals surface area contributed by atoms with Gasteiger partial charge in [-0.3, -0.25) is 0 Å². The van der Waals surface area contributed by atoms with E-state index in [2.05, 4.69) is 4.74 Å². The van der Waals surface area contributed by atoms with Crippen molar-refractivity contribution in [2.24, 2.45) is 0 Å². The molecule has 3 N–H and O–H groups in total. The average Bonchev–Trinajstić information content (AvgIpc) is 2.29. The second kappa shape index (κ2) is 6.65. The summed E-state index contributed by atoms with van der Waals surface area (Å²) in [5, 5.41) is 9.48. The molecule has 6 heteroatoms. The van der Waals surface area contributed by atoms with Gasteiger partial charge in [-0.05, 0) is 23.8 Å². The summed E-state index contributed by atoms with van der Waals surface area (Å²) in [4.78, 5) is 10.9. The summed E-state index contributed by atoms with van der Waals surface area (Å²) in [6, 6.07) is 3.09. The van der Waals surface area contributed by atoms with Crippen molar-refractivity contribution in [1.29, 1.82) is 0 Å². The number of carbonyl (C=O) groups excluding carboxylic acids is 1. The molecule has 0 heterocycles. The van der Waals surface area contributed by atoms with Crippen molar-refractivity contribution >= 4 is 30.1 Å². The Balaban J connectivity index is 0.00000256. The zero-order valence-electron chi connectivity index (χ0n) is 9.47. The maximum atomic E-state index is 10.9. The molecule has 0 unspecified atom stereocenters. The van der Waals surface area contributed by atoms with Gasteiger partial charge in [-0.1, -0.05) is 0 Å². The number of aromatic hydroxyl groups is 1. The number of methoxy groups -OCH3 is 2. The van der Waals surface area contributed by atoms with Crippen LogP contribution in [0.15, 0.2) is 18.2 Å². The lowest BCUT2D eigenvalue weighted by Crippen LogP contribution is -1.94. The normalized spacial score (nSPS) is 9.76. The van der Waals surface area contributed by atoms with Gasteiger partial charge in [0.1, 0.15) is 0 Å². The second-order valence-corrected chi connectivity index (χ2v) is 3.02. The number of esters is 1. The Kier molecular flexibility index (Phi) is 5.91. The molecule has 94 valence electrons. The molecule has 0 radical (unpaired) electrons. The van der Waals surface area contributed by atoms with Crippen LogP contribution in [0.4, 0.5) is 5.69 Å². The smallest absolute Gasteiger partial charge is 0.330 e. The fourth-order valence-corrected chi connectivity index (χ4v) is 1.14. The van der Waals surface area contributed by atoms with E-state index in [0.29, 0.717) is 5.56 Å². The van der Waals surface area contributed by atoms with E-state index < -0.39 is 5.97 Å². The van der Waals surface area contributed by atoms with Gasteiger partial charge in [-0.2, -0.15) is 0 Å². The van der Waals surface area contributed by atoms with Gasteiger partial charge in [-0.25, -0.2) is 4.79 Å². The maximum absolute atomic E-state index is 10.9. The zero-order valence-corrected chi connectivity index (χ0v) is 10.3. The minimum atomic E-state index is -0.467. The van der Waals surface area contributed by atoms with E-state index in [-0.39, 0.29) is 29.6 Å². The fraction of sp³-hybridized carbons (Fsp3) is 0.182. The molecule has 5 nitrogen and oxygen atoms in total. The fourth-order valence-electron chi connectivity index (χ4n) is 1.14. The van der Waals surface area contributed by atoms with Crippen LogP contribution in [-0.4, -0.2) is 25.3 Å². The summed E-state index contributed by atoms with van der Waals surface area (Å²) >= 11 is 0. The van der Waals surface area contributed by atoms with E-state index in [1.165, 1.54) is 32.4 Å². The topological polar surface area (TPSA) is 81.8 Å². The number of phenolic OH excluding ortho intramolecular Hbond substituents is 1. The highest BCUT2D eigenvalue weighted by molar-refractivity contribution is 5.87. The van der Waals surface area contributed by atoms with Crippen LogP contribution in [0, 0.1) is 0 Å². The number of anilines is 1. The molecule has 0 aromatic heterocycles. The number of nitrogen functional groups attached to an aromatic ring is 1. The van der Waals surface area contributed by atoms with Crippen molar-refractivity contribution in [3.05, 3.63) is 23.8 Å². The van der Waals surface area contributed by atoms with Gasteiger partial charge >= 0.3 is 5.97 Å². The molecule has 0 atom stereocenters. The Morgan fingerprint density at radius 1 is 1.41 bits per heavy atom. The summed E-state index contributed by atoms with van der Waals surface area (Å²) in [5.74, 6) is -0.326. The van der Waals surface area contributed by atoms with E-state index in [4.69, 9.17) is 10.5 Å². The Labute approximate surface area is 105 Å². The number of hydrogen-bond donors (Lipinski definition) is 2. The summed E-state index contributed by atoms with van der Waals surface area (Å²) in [5.41, 5.74) is 6.38. The molecule has 17 heavy (non-hydrogen) atoms. The highest BCUT2D eigenvalue weighted by Crippen LogP contribution is 2.33. The van der Waals surface area contributed by atoms with Crippen LogP contribution >= 0.6 is 12.4 Å². The number of rotatable bonds is 3. The summed E-state index contributed by atoms with van der Waals surface area (Å²) < 4.78 is 9.36. The zero-order chi connectivity index (χ0) is 12.1. The van der Waals surface area contributed by atoms with Gasteiger partial charge in [0.15, 0.2) is 11.5 Å². The van der Waals surface area contributed by atoms with Crippen molar-refractivity contribution in [1.82, 2.24) is 0 Å². The molecule has 0 saturated heterocycles. The monoisotopic (exact) mass is 259 g/mol. The maximum Gasteiger partial charge on any atom is 0.330 e. The van der Waals surface area contributed by atoms with Crippen LogP contribution in [0.25, 0.3) is 6.08 Å². The number of nitrogens with two attached hydrogens (primary N) is 1. The minimum absolute atomic E-state index is 0. The minimum Gasteiger partial charge on any atom is -0.503 e. The molecule has 0 aliphatic rings. The van der Waals surface area contributed by atoms with Crippen LogP contribution in [0.5, 0.6) is 11.5 Å². The van der Waals surface area contributed by atoms with Gasteiger partial charge in [0.2, 0.25) is 0 Å². The van der Waals surface area contributed by atoms with Crippen molar-refractivity contribution in [3.63, 3.8) is 0 Å². The first-order valence-corrected chi connectivity index (χ1v) is 4.51. The van der Waals surface area contributed by atoms with Crippen LogP contribution in [-0.2, 0) is 9.53 Å². The van der Waals surface area contributed by atoms with E-state index in [0.717, 1.165) is 0 Å². The number of phenols is 1. The van der Waals surface area contributed by atoms with Crippen molar-refractivity contribution in [2.45, 2.75) is 0 Å². The molecule has 1 aromatic rings. The average molecular weight is 260 g/mol. The van der Waals surface area contributed by atoms with Crippen LogP contribution < -0.4 is 10.5 Å². The van der Waals surface area contributed by atoms with Crippen LogP contribution in [0.3, 0.4) is 0 Å². The Hall–Kier alpha value is -1.88. The van der Waals surface area contributed by atoms with Crippen LogP contribution in [0.2, 0.25) is 0 Å². The van der Waals surface area contributed by atoms with Crippen molar-refractivity contribution < 1.29 is 19.4 Å². The lowest BCUT2D eigenvalue weighted by atomic mass is 10.1. The third kappa shape index (κ3) is 3.88. The molecule has 0 spiro atoms. The molecule has 0 aliphatic heterocycles. The molecule has 0 aliphatic carbocycles. The lowest BCUT2D eigenvalue weighted by molar-refractivity contribution is -0.134.